The quantitative estimate of drug-likeness (QED) is 0.613. The van der Waals surface area contributed by atoms with Crippen LogP contribution in [0.5, 0.6) is 0 Å². The molecule has 0 N–H and O–H groups in total. The van der Waals surface area contributed by atoms with Crippen LogP contribution in [0.3, 0.4) is 0 Å². The van der Waals surface area contributed by atoms with Crippen molar-refractivity contribution in [2.45, 2.75) is 25.9 Å². The van der Waals surface area contributed by atoms with E-state index in [0.717, 1.165) is 35.7 Å². The van der Waals surface area contributed by atoms with Gasteiger partial charge in [0.2, 0.25) is 0 Å². The van der Waals surface area contributed by atoms with Gasteiger partial charge in [0.15, 0.2) is 12.2 Å². The third-order valence-electron chi connectivity index (χ3n) is 3.66. The van der Waals surface area contributed by atoms with Crippen LogP contribution in [-0.2, 0) is 29.0 Å². The first-order valence-corrected chi connectivity index (χ1v) is 7.01. The Morgan fingerprint density at radius 1 is 1.38 bits per heavy atom. The topological polar surface area (TPSA) is 35.1 Å². The van der Waals surface area contributed by atoms with Crippen LogP contribution in [0.2, 0.25) is 5.02 Å². The van der Waals surface area contributed by atoms with Gasteiger partial charge >= 0.3 is 5.97 Å². The van der Waals surface area contributed by atoms with Gasteiger partial charge in [-0.2, -0.15) is 0 Å². The normalized spacial score (nSPS) is 12.7. The lowest BCUT2D eigenvalue weighted by Crippen LogP contribution is -2.40. The SMILES string of the molecule is Br.COC(=O)C[n+]1cc(-c2ccc(Cl)cc2)n2c1CCC2. The van der Waals surface area contributed by atoms with Crippen LogP contribution >= 0.6 is 28.6 Å². The van der Waals surface area contributed by atoms with Crippen molar-refractivity contribution < 1.29 is 14.1 Å². The Balaban J connectivity index is 0.00000161. The highest BCUT2D eigenvalue weighted by Gasteiger charge is 2.29. The number of benzene rings is 1. The predicted octanol–water partition coefficient (Wildman–Crippen LogP) is 2.79. The van der Waals surface area contributed by atoms with E-state index in [9.17, 15) is 4.79 Å². The second kappa shape index (κ2) is 6.62. The van der Waals surface area contributed by atoms with Crippen molar-refractivity contribution in [3.8, 4) is 11.3 Å². The number of carbonyl (C=O) groups excluding carboxylic acids is 1. The molecule has 1 aliphatic heterocycles. The Kier molecular flexibility index (Phi) is 5.06. The molecular formula is C15H17BrClN2O2+. The van der Waals surface area contributed by atoms with Gasteiger partial charge in [-0.25, -0.2) is 13.9 Å². The van der Waals surface area contributed by atoms with Crippen LogP contribution in [-0.4, -0.2) is 17.6 Å². The van der Waals surface area contributed by atoms with Crippen molar-refractivity contribution in [1.82, 2.24) is 4.57 Å². The van der Waals surface area contributed by atoms with Gasteiger partial charge in [0.1, 0.15) is 6.20 Å². The van der Waals surface area contributed by atoms with Crippen molar-refractivity contribution in [2.75, 3.05) is 7.11 Å². The van der Waals surface area contributed by atoms with Crippen LogP contribution in [0.4, 0.5) is 0 Å². The van der Waals surface area contributed by atoms with Crippen LogP contribution < -0.4 is 4.57 Å². The smallest absolute Gasteiger partial charge is 0.348 e. The fourth-order valence-electron chi connectivity index (χ4n) is 2.70. The molecule has 21 heavy (non-hydrogen) atoms. The number of fused-ring (bicyclic) bond motifs is 1. The van der Waals surface area contributed by atoms with Crippen molar-refractivity contribution in [3.63, 3.8) is 0 Å². The lowest BCUT2D eigenvalue weighted by molar-refractivity contribution is -0.691. The van der Waals surface area contributed by atoms with Gasteiger partial charge < -0.3 is 4.74 Å². The first-order valence-electron chi connectivity index (χ1n) is 6.63. The third-order valence-corrected chi connectivity index (χ3v) is 3.91. The van der Waals surface area contributed by atoms with Gasteiger partial charge in [-0.3, -0.25) is 0 Å². The van der Waals surface area contributed by atoms with E-state index in [1.807, 2.05) is 35.0 Å². The van der Waals surface area contributed by atoms with E-state index in [1.165, 1.54) is 12.9 Å². The van der Waals surface area contributed by atoms with Gasteiger partial charge in [-0.05, 0) is 30.7 Å². The average molecular weight is 373 g/mol. The monoisotopic (exact) mass is 371 g/mol. The number of esters is 1. The maximum absolute atomic E-state index is 11.5. The highest BCUT2D eigenvalue weighted by Crippen LogP contribution is 2.25. The number of hydrogen-bond acceptors (Lipinski definition) is 2. The fourth-order valence-corrected chi connectivity index (χ4v) is 2.83. The molecule has 2 heterocycles. The molecule has 1 aliphatic rings. The number of ether oxygens (including phenoxy) is 1. The number of nitrogens with zero attached hydrogens (tertiary/aromatic N) is 2. The zero-order chi connectivity index (χ0) is 14.1. The Hall–Kier alpha value is -1.33. The lowest BCUT2D eigenvalue weighted by Gasteiger charge is -1.98. The fraction of sp³-hybridized carbons (Fsp3) is 0.333. The van der Waals surface area contributed by atoms with Gasteiger partial charge in [0.05, 0.1) is 20.1 Å². The van der Waals surface area contributed by atoms with Crippen molar-refractivity contribution in [3.05, 3.63) is 41.3 Å². The molecule has 3 rings (SSSR count). The van der Waals surface area contributed by atoms with Gasteiger partial charge in [-0.1, -0.05) is 11.6 Å². The first-order chi connectivity index (χ1) is 9.69. The van der Waals surface area contributed by atoms with E-state index in [2.05, 4.69) is 4.57 Å². The zero-order valence-corrected chi connectivity index (χ0v) is 14.2. The third kappa shape index (κ3) is 3.14. The molecule has 0 saturated carbocycles. The highest BCUT2D eigenvalue weighted by atomic mass is 79.9. The molecule has 2 aromatic rings. The minimum atomic E-state index is -0.224. The standard InChI is InChI=1S/C15H16ClN2O2.BrH/c1-20-15(19)10-17-9-13(18-8-2-3-14(17)18)11-4-6-12(16)7-5-11;/h4-7,9H,2-3,8,10H2,1H3;1H/q+1;. The summed E-state index contributed by atoms with van der Waals surface area (Å²) in [6.45, 7) is 1.25. The number of imidazole rings is 1. The maximum atomic E-state index is 11.5. The van der Waals surface area contributed by atoms with E-state index in [-0.39, 0.29) is 29.5 Å². The van der Waals surface area contributed by atoms with Crippen LogP contribution in [0, 0.1) is 0 Å². The molecule has 0 aliphatic carbocycles. The number of rotatable bonds is 3. The number of hydrogen-bond donors (Lipinski definition) is 0. The summed E-state index contributed by atoms with van der Waals surface area (Å²) in [5.41, 5.74) is 2.24. The predicted molar refractivity (Wildman–Crippen MR) is 85.7 cm³/mol. The Morgan fingerprint density at radius 2 is 2.10 bits per heavy atom. The molecule has 1 aromatic heterocycles. The molecule has 0 atom stereocenters. The second-order valence-corrected chi connectivity index (χ2v) is 5.33. The first kappa shape index (κ1) is 16.0. The summed E-state index contributed by atoms with van der Waals surface area (Å²) in [4.78, 5) is 11.5. The molecule has 0 saturated heterocycles. The van der Waals surface area contributed by atoms with Crippen LogP contribution in [0.25, 0.3) is 11.3 Å². The molecule has 0 bridgehead atoms. The number of methoxy groups -OCH3 is 1. The minimum absolute atomic E-state index is 0. The molecule has 0 radical (unpaired) electrons. The molecule has 1 aromatic carbocycles. The van der Waals surface area contributed by atoms with E-state index < -0.39 is 0 Å². The van der Waals surface area contributed by atoms with E-state index in [1.54, 1.807) is 0 Å². The second-order valence-electron chi connectivity index (χ2n) is 4.90. The summed E-state index contributed by atoms with van der Waals surface area (Å²) >= 11 is 5.94. The van der Waals surface area contributed by atoms with E-state index in [4.69, 9.17) is 16.3 Å². The summed E-state index contributed by atoms with van der Waals surface area (Å²) in [5, 5.41) is 0.726. The van der Waals surface area contributed by atoms with Gasteiger partial charge in [0.25, 0.3) is 5.82 Å². The number of halogens is 2. The number of aromatic nitrogens is 2. The molecular weight excluding hydrogens is 356 g/mol. The molecule has 0 unspecified atom stereocenters. The molecule has 0 fully saturated rings. The molecule has 6 heteroatoms. The number of carbonyl (C=O) groups is 1. The largest absolute Gasteiger partial charge is 0.466 e. The Bertz CT molecular complexity index is 652. The Labute approximate surface area is 139 Å². The summed E-state index contributed by atoms with van der Waals surface area (Å²) in [5.74, 6) is 0.957. The van der Waals surface area contributed by atoms with Gasteiger partial charge in [0, 0.05) is 10.6 Å². The Morgan fingerprint density at radius 3 is 2.76 bits per heavy atom. The highest BCUT2D eigenvalue weighted by molar-refractivity contribution is 8.93. The summed E-state index contributed by atoms with van der Waals surface area (Å²) in [6.07, 6.45) is 4.12. The van der Waals surface area contributed by atoms with E-state index in [0.29, 0.717) is 0 Å². The summed E-state index contributed by atoms with van der Waals surface area (Å²) in [7, 11) is 1.42. The molecule has 4 nitrogen and oxygen atoms in total. The van der Waals surface area contributed by atoms with Crippen molar-refractivity contribution >= 4 is 34.6 Å². The molecule has 0 amide bonds. The maximum Gasteiger partial charge on any atom is 0.348 e. The van der Waals surface area contributed by atoms with Crippen LogP contribution in [0.15, 0.2) is 30.5 Å². The van der Waals surface area contributed by atoms with Crippen molar-refractivity contribution in [2.24, 2.45) is 0 Å². The molecule has 0 spiro atoms. The van der Waals surface area contributed by atoms with Gasteiger partial charge in [-0.15, -0.1) is 17.0 Å². The summed E-state index contributed by atoms with van der Waals surface area (Å²) < 4.78 is 9.02. The molecule has 112 valence electrons. The average Bonchev–Trinajstić information content (AvgIpc) is 3.03. The minimum Gasteiger partial charge on any atom is -0.466 e. The van der Waals surface area contributed by atoms with E-state index >= 15 is 0 Å². The summed E-state index contributed by atoms with van der Waals surface area (Å²) in [6, 6.07) is 7.78. The van der Waals surface area contributed by atoms with Crippen molar-refractivity contribution in [1.29, 1.82) is 0 Å². The van der Waals surface area contributed by atoms with Crippen LogP contribution in [0.1, 0.15) is 12.2 Å². The lowest BCUT2D eigenvalue weighted by atomic mass is 10.2. The zero-order valence-electron chi connectivity index (χ0n) is 11.7.